The number of ether oxygens (including phenoxy) is 1. The molecular weight excluding hydrogens is 240 g/mol. The first kappa shape index (κ1) is 14.0. The van der Waals surface area contributed by atoms with Crippen LogP contribution in [0.3, 0.4) is 0 Å². The highest BCUT2D eigenvalue weighted by molar-refractivity contribution is 5.75. The second kappa shape index (κ2) is 7.26. The number of piperidine rings is 1. The van der Waals surface area contributed by atoms with E-state index in [1.807, 2.05) is 18.2 Å². The molecule has 0 aliphatic carbocycles. The molecule has 0 atom stereocenters. The lowest BCUT2D eigenvalue weighted by Gasteiger charge is -2.30. The lowest BCUT2D eigenvalue weighted by atomic mass is 9.98. The summed E-state index contributed by atoms with van der Waals surface area (Å²) in [5, 5.41) is 0. The number of likely N-dealkylation sites (tertiary alicyclic amines) is 1. The molecule has 1 saturated heterocycles. The Labute approximate surface area is 114 Å². The average Bonchev–Trinajstić information content (AvgIpc) is 2.41. The van der Waals surface area contributed by atoms with Gasteiger partial charge in [0.25, 0.3) is 0 Å². The van der Waals surface area contributed by atoms with Crippen molar-refractivity contribution in [1.82, 2.24) is 4.90 Å². The Morgan fingerprint density at radius 3 is 2.58 bits per heavy atom. The minimum Gasteiger partial charge on any atom is -0.376 e. The third-order valence-corrected chi connectivity index (χ3v) is 3.55. The Morgan fingerprint density at radius 1 is 1.26 bits per heavy atom. The molecule has 1 aliphatic rings. The van der Waals surface area contributed by atoms with E-state index in [0.29, 0.717) is 19.1 Å². The van der Waals surface area contributed by atoms with Crippen LogP contribution in [-0.2, 0) is 16.1 Å². The van der Waals surface area contributed by atoms with Crippen LogP contribution in [0.2, 0.25) is 0 Å². The molecule has 0 aromatic heterocycles. The van der Waals surface area contributed by atoms with Crippen molar-refractivity contribution in [2.75, 3.05) is 26.2 Å². The van der Waals surface area contributed by atoms with Crippen molar-refractivity contribution in [3.63, 3.8) is 0 Å². The highest BCUT2D eigenvalue weighted by Crippen LogP contribution is 2.17. The first-order valence-corrected chi connectivity index (χ1v) is 6.86. The normalized spacial score (nSPS) is 17.5. The molecule has 1 aromatic rings. The smallest absolute Gasteiger partial charge is 0.231 e. The van der Waals surface area contributed by atoms with Crippen LogP contribution >= 0.6 is 0 Å². The van der Waals surface area contributed by atoms with Gasteiger partial charge in [-0.3, -0.25) is 9.69 Å². The predicted octanol–water partition coefficient (Wildman–Crippen LogP) is 1.40. The van der Waals surface area contributed by atoms with Crippen molar-refractivity contribution < 1.29 is 9.53 Å². The number of hydrogen-bond acceptors (Lipinski definition) is 3. The SMILES string of the molecule is NC(=O)CN1CCC(COCc2ccccc2)CC1. The molecule has 1 amide bonds. The number of carbonyl (C=O) groups is 1. The van der Waals surface area contributed by atoms with Crippen LogP contribution in [-0.4, -0.2) is 37.0 Å². The predicted molar refractivity (Wildman–Crippen MR) is 74.5 cm³/mol. The zero-order chi connectivity index (χ0) is 13.5. The number of carbonyl (C=O) groups excluding carboxylic acids is 1. The van der Waals surface area contributed by atoms with E-state index < -0.39 is 0 Å². The Bertz CT molecular complexity index is 386. The van der Waals surface area contributed by atoms with Crippen molar-refractivity contribution >= 4 is 5.91 Å². The highest BCUT2D eigenvalue weighted by atomic mass is 16.5. The van der Waals surface area contributed by atoms with Crippen LogP contribution in [0.4, 0.5) is 0 Å². The maximum atomic E-state index is 10.8. The van der Waals surface area contributed by atoms with E-state index in [1.165, 1.54) is 5.56 Å². The topological polar surface area (TPSA) is 55.6 Å². The minimum absolute atomic E-state index is 0.237. The molecule has 2 rings (SSSR count). The standard InChI is InChI=1S/C15H22N2O2/c16-15(18)10-17-8-6-14(7-9-17)12-19-11-13-4-2-1-3-5-13/h1-5,14H,6-12H2,(H2,16,18). The number of amides is 1. The maximum Gasteiger partial charge on any atom is 0.231 e. The van der Waals surface area contributed by atoms with Gasteiger partial charge in [-0.05, 0) is 37.4 Å². The molecule has 4 heteroatoms. The zero-order valence-corrected chi connectivity index (χ0v) is 11.3. The average molecular weight is 262 g/mol. The van der Waals surface area contributed by atoms with E-state index >= 15 is 0 Å². The fraction of sp³-hybridized carbons (Fsp3) is 0.533. The molecular formula is C15H22N2O2. The van der Waals surface area contributed by atoms with E-state index in [0.717, 1.165) is 32.5 Å². The summed E-state index contributed by atoms with van der Waals surface area (Å²) in [5.41, 5.74) is 6.41. The van der Waals surface area contributed by atoms with Crippen molar-refractivity contribution in [2.24, 2.45) is 11.7 Å². The van der Waals surface area contributed by atoms with E-state index in [4.69, 9.17) is 10.5 Å². The zero-order valence-electron chi connectivity index (χ0n) is 11.3. The van der Waals surface area contributed by atoms with Crippen molar-refractivity contribution in [1.29, 1.82) is 0 Å². The van der Waals surface area contributed by atoms with Gasteiger partial charge < -0.3 is 10.5 Å². The summed E-state index contributed by atoms with van der Waals surface area (Å²) < 4.78 is 5.77. The fourth-order valence-electron chi connectivity index (χ4n) is 2.45. The van der Waals surface area contributed by atoms with Gasteiger partial charge >= 0.3 is 0 Å². The second-order valence-electron chi connectivity index (χ2n) is 5.19. The van der Waals surface area contributed by atoms with Gasteiger partial charge in [-0.2, -0.15) is 0 Å². The molecule has 1 aromatic carbocycles. The lowest BCUT2D eigenvalue weighted by molar-refractivity contribution is -0.119. The molecule has 2 N–H and O–H groups in total. The molecule has 0 spiro atoms. The summed E-state index contributed by atoms with van der Waals surface area (Å²) in [5.74, 6) is 0.367. The van der Waals surface area contributed by atoms with Crippen molar-refractivity contribution in [2.45, 2.75) is 19.4 Å². The van der Waals surface area contributed by atoms with E-state index in [-0.39, 0.29) is 5.91 Å². The third kappa shape index (κ3) is 5.01. The Kier molecular flexibility index (Phi) is 5.36. The second-order valence-corrected chi connectivity index (χ2v) is 5.19. The van der Waals surface area contributed by atoms with Gasteiger partial charge in [-0.1, -0.05) is 30.3 Å². The van der Waals surface area contributed by atoms with Crippen LogP contribution in [0.15, 0.2) is 30.3 Å². The fourth-order valence-corrected chi connectivity index (χ4v) is 2.45. The van der Waals surface area contributed by atoms with E-state index in [2.05, 4.69) is 17.0 Å². The van der Waals surface area contributed by atoms with Crippen LogP contribution in [0, 0.1) is 5.92 Å². The number of nitrogens with zero attached hydrogens (tertiary/aromatic N) is 1. The summed E-state index contributed by atoms with van der Waals surface area (Å²) >= 11 is 0. The molecule has 104 valence electrons. The monoisotopic (exact) mass is 262 g/mol. The molecule has 19 heavy (non-hydrogen) atoms. The molecule has 1 heterocycles. The summed E-state index contributed by atoms with van der Waals surface area (Å²) in [7, 11) is 0. The quantitative estimate of drug-likeness (QED) is 0.843. The number of rotatable bonds is 6. The molecule has 0 bridgehead atoms. The van der Waals surface area contributed by atoms with Gasteiger partial charge in [-0.25, -0.2) is 0 Å². The van der Waals surface area contributed by atoms with Crippen molar-refractivity contribution in [3.05, 3.63) is 35.9 Å². The van der Waals surface area contributed by atoms with Crippen LogP contribution in [0.5, 0.6) is 0 Å². The molecule has 0 radical (unpaired) electrons. The van der Waals surface area contributed by atoms with E-state index in [1.54, 1.807) is 0 Å². The van der Waals surface area contributed by atoms with Gasteiger partial charge in [0, 0.05) is 6.61 Å². The van der Waals surface area contributed by atoms with E-state index in [9.17, 15) is 4.79 Å². The maximum absolute atomic E-state index is 10.8. The summed E-state index contributed by atoms with van der Waals surface area (Å²) in [6, 6.07) is 10.2. The number of hydrogen-bond donors (Lipinski definition) is 1. The Hall–Kier alpha value is -1.39. The molecule has 0 saturated carbocycles. The van der Waals surface area contributed by atoms with Crippen LogP contribution in [0.1, 0.15) is 18.4 Å². The van der Waals surface area contributed by atoms with Gasteiger partial charge in [-0.15, -0.1) is 0 Å². The molecule has 0 unspecified atom stereocenters. The Balaban J connectivity index is 1.62. The van der Waals surface area contributed by atoms with Crippen LogP contribution in [0.25, 0.3) is 0 Å². The number of primary amides is 1. The summed E-state index contributed by atoms with van der Waals surface area (Å²) in [4.78, 5) is 13.0. The minimum atomic E-state index is -0.237. The molecule has 4 nitrogen and oxygen atoms in total. The summed E-state index contributed by atoms with van der Waals surface area (Å²) in [6.45, 7) is 3.77. The van der Waals surface area contributed by atoms with Crippen molar-refractivity contribution in [3.8, 4) is 0 Å². The van der Waals surface area contributed by atoms with Gasteiger partial charge in [0.2, 0.25) is 5.91 Å². The number of benzene rings is 1. The first-order valence-electron chi connectivity index (χ1n) is 6.86. The molecule has 1 aliphatic heterocycles. The van der Waals surface area contributed by atoms with Gasteiger partial charge in [0.15, 0.2) is 0 Å². The largest absolute Gasteiger partial charge is 0.376 e. The Morgan fingerprint density at radius 2 is 1.95 bits per heavy atom. The lowest BCUT2D eigenvalue weighted by Crippen LogP contribution is -2.40. The third-order valence-electron chi connectivity index (χ3n) is 3.55. The van der Waals surface area contributed by atoms with Gasteiger partial charge in [0.1, 0.15) is 0 Å². The first-order chi connectivity index (χ1) is 9.24. The number of nitrogens with two attached hydrogens (primary N) is 1. The van der Waals surface area contributed by atoms with Gasteiger partial charge in [0.05, 0.1) is 13.2 Å². The van der Waals surface area contributed by atoms with Crippen LogP contribution < -0.4 is 5.73 Å². The highest BCUT2D eigenvalue weighted by Gasteiger charge is 2.20. The molecule has 1 fully saturated rings. The summed E-state index contributed by atoms with van der Waals surface area (Å²) in [6.07, 6.45) is 2.17.